The second kappa shape index (κ2) is 10.1. The van der Waals surface area contributed by atoms with Crippen LogP contribution in [0, 0.1) is 6.92 Å². The number of ether oxygens (including phenoxy) is 1. The predicted molar refractivity (Wildman–Crippen MR) is 121 cm³/mol. The number of aliphatic imine (C=N–C) groups is 1. The second-order valence-electron chi connectivity index (χ2n) is 7.58. The van der Waals surface area contributed by atoms with E-state index in [4.69, 9.17) is 22.1 Å². The lowest BCUT2D eigenvalue weighted by molar-refractivity contribution is -0.117. The van der Waals surface area contributed by atoms with Crippen molar-refractivity contribution in [2.24, 2.45) is 10.7 Å². The van der Waals surface area contributed by atoms with Crippen LogP contribution in [0.5, 0.6) is 0 Å². The van der Waals surface area contributed by atoms with Crippen LogP contribution in [0.15, 0.2) is 15.7 Å². The van der Waals surface area contributed by atoms with Gasteiger partial charge in [-0.05, 0) is 31.8 Å². The quantitative estimate of drug-likeness (QED) is 0.498. The van der Waals surface area contributed by atoms with Crippen molar-refractivity contribution >= 4 is 45.7 Å². The Morgan fingerprint density at radius 3 is 2.74 bits per heavy atom. The van der Waals surface area contributed by atoms with Gasteiger partial charge in [-0.15, -0.1) is 0 Å². The van der Waals surface area contributed by atoms with Crippen LogP contribution in [0.3, 0.4) is 0 Å². The molecule has 0 radical (unpaired) electrons. The fourth-order valence-corrected chi connectivity index (χ4v) is 5.03. The number of nitrogens with two attached hydrogens (primary N) is 1. The average Bonchev–Trinajstić information content (AvgIpc) is 3.26. The molecule has 4 N–H and O–H groups in total. The number of nitrogens with zero attached hydrogens (tertiary/aromatic N) is 3. The number of aromatic nitrogens is 1. The molecule has 9 nitrogen and oxygen atoms in total. The molecule has 3 rings (SSSR count). The molecule has 2 aliphatic rings. The first-order chi connectivity index (χ1) is 14.8. The number of carbonyl (C=O) groups excluding carboxylic acids is 1. The number of nitrogens with one attached hydrogen (secondary N) is 1. The molecule has 1 aromatic rings. The summed E-state index contributed by atoms with van der Waals surface area (Å²) in [6, 6.07) is -0.824. The number of amides is 1. The highest BCUT2D eigenvalue weighted by atomic mass is 35.5. The number of carboxylic acids is 1. The summed E-state index contributed by atoms with van der Waals surface area (Å²) in [5, 5.41) is 13.3. The summed E-state index contributed by atoms with van der Waals surface area (Å²) in [5.41, 5.74) is 7.63. The minimum Gasteiger partial charge on any atom is -0.477 e. The van der Waals surface area contributed by atoms with E-state index in [1.165, 1.54) is 0 Å². The Bertz CT molecular complexity index is 915. The van der Waals surface area contributed by atoms with Crippen molar-refractivity contribution in [3.8, 4) is 0 Å². The van der Waals surface area contributed by atoms with E-state index in [9.17, 15) is 14.7 Å². The number of anilines is 1. The number of carboxylic acid groups (broad SMARTS) is 1. The molecule has 11 heteroatoms. The van der Waals surface area contributed by atoms with E-state index >= 15 is 0 Å². The fourth-order valence-electron chi connectivity index (χ4n) is 3.75. The van der Waals surface area contributed by atoms with Gasteiger partial charge < -0.3 is 25.8 Å². The second-order valence-corrected chi connectivity index (χ2v) is 8.92. The monoisotopic (exact) mass is 469 g/mol. The van der Waals surface area contributed by atoms with Crippen molar-refractivity contribution in [1.29, 1.82) is 0 Å². The van der Waals surface area contributed by atoms with Gasteiger partial charge in [0.15, 0.2) is 5.13 Å². The van der Waals surface area contributed by atoms with Crippen LogP contribution in [-0.4, -0.2) is 65.6 Å². The van der Waals surface area contributed by atoms with Gasteiger partial charge in [0.25, 0.3) is 5.91 Å². The summed E-state index contributed by atoms with van der Waals surface area (Å²) in [7, 11) is 0. The smallest absolute Gasteiger partial charge is 0.347 e. The normalized spacial score (nSPS) is 23.8. The lowest BCUT2D eigenvalue weighted by Gasteiger charge is -2.38. The Hall–Kier alpha value is -2.01. The average molecular weight is 470 g/mol. The molecule has 1 aromatic heterocycles. The number of hydrogen-bond acceptors (Lipinski definition) is 8. The minimum atomic E-state index is -0.977. The van der Waals surface area contributed by atoms with Gasteiger partial charge in [-0.25, -0.2) is 14.8 Å². The number of aromatic carboxylic acids is 1. The molecule has 1 amide bonds. The Balaban J connectivity index is 1.71. The highest BCUT2D eigenvalue weighted by Crippen LogP contribution is 2.30. The van der Waals surface area contributed by atoms with Gasteiger partial charge in [-0.3, -0.25) is 4.79 Å². The number of rotatable bonds is 8. The van der Waals surface area contributed by atoms with Crippen molar-refractivity contribution in [1.82, 2.24) is 10.3 Å². The van der Waals surface area contributed by atoms with Crippen LogP contribution in [0.1, 0.15) is 48.5 Å². The Kier molecular flexibility index (Phi) is 7.68. The van der Waals surface area contributed by atoms with E-state index in [1.54, 1.807) is 6.92 Å². The van der Waals surface area contributed by atoms with Gasteiger partial charge in [0.2, 0.25) is 0 Å². The van der Waals surface area contributed by atoms with Crippen molar-refractivity contribution in [2.75, 3.05) is 24.6 Å². The van der Waals surface area contributed by atoms with Crippen molar-refractivity contribution < 1.29 is 19.4 Å². The summed E-state index contributed by atoms with van der Waals surface area (Å²) >= 11 is 7.28. The van der Waals surface area contributed by atoms with Gasteiger partial charge in [-0.1, -0.05) is 36.8 Å². The van der Waals surface area contributed by atoms with E-state index in [1.807, 2.05) is 18.7 Å². The standard InChI is InChI=1S/C20H28ClN5O4S/c1-4-8-30-13-9-26(20-23-10(3)16(31-20)19(28)29)7-6-12(13)24-18(27)15-14(22)11(5-2)17(21)25-15/h12-14H,4-9,22H2,1-3H3,(H,24,27)(H,28,29)/t12?,13-,14?/m0/s1. The van der Waals surface area contributed by atoms with Crippen molar-refractivity contribution in [3.05, 3.63) is 21.3 Å². The van der Waals surface area contributed by atoms with E-state index in [-0.39, 0.29) is 28.6 Å². The summed E-state index contributed by atoms with van der Waals surface area (Å²) in [4.78, 5) is 35.1. The van der Waals surface area contributed by atoms with Gasteiger partial charge in [0, 0.05) is 19.7 Å². The zero-order valence-corrected chi connectivity index (χ0v) is 19.4. The zero-order valence-electron chi connectivity index (χ0n) is 17.9. The summed E-state index contributed by atoms with van der Waals surface area (Å²) in [6.07, 6.45) is 1.81. The summed E-state index contributed by atoms with van der Waals surface area (Å²) in [6.45, 7) is 7.29. The first-order valence-electron chi connectivity index (χ1n) is 10.4. The first kappa shape index (κ1) is 23.6. The van der Waals surface area contributed by atoms with Gasteiger partial charge >= 0.3 is 5.97 Å². The minimum absolute atomic E-state index is 0.222. The maximum Gasteiger partial charge on any atom is 0.347 e. The number of aryl methyl sites for hydroxylation is 1. The molecule has 1 fully saturated rings. The topological polar surface area (TPSA) is 130 Å². The first-order valence-corrected chi connectivity index (χ1v) is 11.6. The highest BCUT2D eigenvalue weighted by Gasteiger charge is 2.36. The lowest BCUT2D eigenvalue weighted by Crippen LogP contribution is -2.57. The number of carbonyl (C=O) groups is 2. The van der Waals surface area contributed by atoms with Crippen LogP contribution >= 0.6 is 22.9 Å². The van der Waals surface area contributed by atoms with Gasteiger partial charge in [0.05, 0.1) is 23.9 Å². The molecule has 2 aliphatic heterocycles. The molecular weight excluding hydrogens is 442 g/mol. The Morgan fingerprint density at radius 1 is 1.42 bits per heavy atom. The molecule has 2 unspecified atom stereocenters. The number of hydrogen-bond donors (Lipinski definition) is 3. The molecule has 0 spiro atoms. The van der Waals surface area contributed by atoms with Crippen molar-refractivity contribution in [3.63, 3.8) is 0 Å². The largest absolute Gasteiger partial charge is 0.477 e. The van der Waals surface area contributed by atoms with E-state index in [2.05, 4.69) is 15.3 Å². The van der Waals surface area contributed by atoms with Crippen molar-refractivity contribution in [2.45, 2.75) is 58.2 Å². The zero-order chi connectivity index (χ0) is 22.7. The van der Waals surface area contributed by atoms with Crippen LogP contribution in [0.4, 0.5) is 5.13 Å². The number of thiazole rings is 1. The molecule has 170 valence electrons. The third-order valence-electron chi connectivity index (χ3n) is 5.43. The third kappa shape index (κ3) is 5.08. The highest BCUT2D eigenvalue weighted by molar-refractivity contribution is 7.17. The van der Waals surface area contributed by atoms with E-state index in [0.717, 1.165) is 23.3 Å². The van der Waals surface area contributed by atoms with E-state index < -0.39 is 12.0 Å². The number of halogens is 1. The molecule has 3 atom stereocenters. The lowest BCUT2D eigenvalue weighted by atomic mass is 9.99. The SMILES string of the molecule is CCCO[C@H]1CN(c2nc(C)c(C(=O)O)s2)CCC1NC(=O)C1=NC(Cl)=C(CC)C1N. The summed E-state index contributed by atoms with van der Waals surface area (Å²) in [5.74, 6) is -1.31. The van der Waals surface area contributed by atoms with Gasteiger partial charge in [0.1, 0.15) is 15.7 Å². The summed E-state index contributed by atoms with van der Waals surface area (Å²) < 4.78 is 6.03. The van der Waals surface area contributed by atoms with Gasteiger partial charge in [-0.2, -0.15) is 0 Å². The molecule has 0 bridgehead atoms. The van der Waals surface area contributed by atoms with E-state index in [0.29, 0.717) is 48.5 Å². The predicted octanol–water partition coefficient (Wildman–Crippen LogP) is 2.28. The third-order valence-corrected chi connectivity index (χ3v) is 6.96. The van der Waals surface area contributed by atoms with Crippen LogP contribution in [0.2, 0.25) is 0 Å². The Labute approximate surface area is 190 Å². The molecule has 3 heterocycles. The molecule has 31 heavy (non-hydrogen) atoms. The molecular formula is C20H28ClN5O4S. The van der Waals surface area contributed by atoms with Crippen LogP contribution in [-0.2, 0) is 9.53 Å². The molecule has 0 aromatic carbocycles. The molecule has 1 saturated heterocycles. The molecule has 0 saturated carbocycles. The van der Waals surface area contributed by atoms with Crippen LogP contribution in [0.25, 0.3) is 0 Å². The maximum atomic E-state index is 12.9. The fraction of sp³-hybridized carbons (Fsp3) is 0.600. The maximum absolute atomic E-state index is 12.9. The number of piperidine rings is 1. The Morgan fingerprint density at radius 2 is 2.16 bits per heavy atom. The van der Waals surface area contributed by atoms with Crippen LogP contribution < -0.4 is 16.0 Å². The molecule has 0 aliphatic carbocycles.